The minimum Gasteiger partial charge on any atom is -0.324 e. The predicted molar refractivity (Wildman–Crippen MR) is 102 cm³/mol. The van der Waals surface area contributed by atoms with Gasteiger partial charge in [0.1, 0.15) is 6.07 Å². The molecule has 2 aromatic carbocycles. The Bertz CT molecular complexity index is 847. The van der Waals surface area contributed by atoms with Gasteiger partial charge >= 0.3 is 0 Å². The van der Waals surface area contributed by atoms with Crippen LogP contribution in [0.5, 0.6) is 0 Å². The molecule has 1 atom stereocenters. The van der Waals surface area contributed by atoms with E-state index in [-0.39, 0.29) is 18.4 Å². The number of anilines is 2. The maximum atomic E-state index is 12.4. The number of halogens is 1. The number of carbonyl (C=O) groups excluding carboxylic acids is 2. The van der Waals surface area contributed by atoms with Crippen LogP contribution in [0.15, 0.2) is 48.5 Å². The van der Waals surface area contributed by atoms with Crippen LogP contribution in [0.1, 0.15) is 12.5 Å². The highest BCUT2D eigenvalue weighted by molar-refractivity contribution is 6.33. The van der Waals surface area contributed by atoms with Crippen molar-refractivity contribution in [3.05, 3.63) is 59.1 Å². The molecule has 0 saturated carbocycles. The smallest absolute Gasteiger partial charge is 0.241 e. The Morgan fingerprint density at radius 3 is 2.38 bits per heavy atom. The fraction of sp³-hybridized carbons (Fsp3) is 0.211. The van der Waals surface area contributed by atoms with Gasteiger partial charge in [-0.3, -0.25) is 14.5 Å². The summed E-state index contributed by atoms with van der Waals surface area (Å²) in [7, 11) is 1.67. The van der Waals surface area contributed by atoms with Crippen LogP contribution in [0.25, 0.3) is 0 Å². The van der Waals surface area contributed by atoms with Crippen molar-refractivity contribution in [2.45, 2.75) is 13.0 Å². The first-order valence-corrected chi connectivity index (χ1v) is 8.34. The third-order valence-corrected chi connectivity index (χ3v) is 4.22. The number of likely N-dealkylation sites (N-methyl/N-ethyl adjacent to an activating group) is 1. The normalized spacial score (nSPS) is 11.5. The number of benzene rings is 2. The molecule has 7 heteroatoms. The molecule has 134 valence electrons. The lowest BCUT2D eigenvalue weighted by Gasteiger charge is -2.23. The number of amides is 2. The molecule has 0 aliphatic heterocycles. The molecular formula is C19H19ClN4O2. The molecular weight excluding hydrogens is 352 g/mol. The molecule has 0 radical (unpaired) electrons. The van der Waals surface area contributed by atoms with E-state index in [0.717, 1.165) is 0 Å². The Morgan fingerprint density at radius 2 is 1.73 bits per heavy atom. The highest BCUT2D eigenvalue weighted by atomic mass is 35.5. The van der Waals surface area contributed by atoms with E-state index in [4.69, 9.17) is 16.9 Å². The Kier molecular flexibility index (Phi) is 6.73. The largest absolute Gasteiger partial charge is 0.324 e. The average Bonchev–Trinajstić information content (AvgIpc) is 2.63. The molecule has 0 aliphatic rings. The van der Waals surface area contributed by atoms with Gasteiger partial charge in [-0.1, -0.05) is 35.9 Å². The molecule has 0 bridgehead atoms. The Morgan fingerprint density at radius 1 is 1.12 bits per heavy atom. The summed E-state index contributed by atoms with van der Waals surface area (Å²) in [6.45, 7) is 1.70. The number of para-hydroxylation sites is 2. The first-order chi connectivity index (χ1) is 12.4. The van der Waals surface area contributed by atoms with Crippen LogP contribution in [0, 0.1) is 11.3 Å². The number of nitriles is 1. The lowest BCUT2D eigenvalue weighted by atomic mass is 10.2. The maximum absolute atomic E-state index is 12.4. The van der Waals surface area contributed by atoms with Gasteiger partial charge in [-0.15, -0.1) is 0 Å². The molecule has 0 fully saturated rings. The number of nitrogens with one attached hydrogen (secondary N) is 2. The topological polar surface area (TPSA) is 85.2 Å². The van der Waals surface area contributed by atoms with E-state index in [9.17, 15) is 9.59 Å². The van der Waals surface area contributed by atoms with Crippen molar-refractivity contribution in [3.8, 4) is 6.07 Å². The molecule has 2 N–H and O–H groups in total. The molecule has 2 amide bonds. The van der Waals surface area contributed by atoms with Crippen LogP contribution < -0.4 is 10.6 Å². The summed E-state index contributed by atoms with van der Waals surface area (Å²) in [5.41, 5.74) is 1.35. The summed E-state index contributed by atoms with van der Waals surface area (Å²) in [6, 6.07) is 15.1. The van der Waals surface area contributed by atoms with Gasteiger partial charge in [-0.25, -0.2) is 0 Å². The second-order valence-electron chi connectivity index (χ2n) is 5.77. The summed E-state index contributed by atoms with van der Waals surface area (Å²) in [4.78, 5) is 26.2. The quantitative estimate of drug-likeness (QED) is 0.818. The average molecular weight is 371 g/mol. The zero-order valence-electron chi connectivity index (χ0n) is 14.5. The van der Waals surface area contributed by atoms with E-state index in [1.807, 2.05) is 6.07 Å². The van der Waals surface area contributed by atoms with Crippen LogP contribution in [-0.2, 0) is 9.59 Å². The van der Waals surface area contributed by atoms with Crippen LogP contribution in [0.3, 0.4) is 0 Å². The monoisotopic (exact) mass is 370 g/mol. The SMILES string of the molecule is C[C@@H](C(=O)Nc1ccccc1C#N)N(C)CC(=O)Nc1ccccc1Cl. The third-order valence-electron chi connectivity index (χ3n) is 3.89. The lowest BCUT2D eigenvalue weighted by molar-refractivity contribution is -0.122. The molecule has 0 unspecified atom stereocenters. The molecule has 0 aromatic heterocycles. The van der Waals surface area contributed by atoms with Crippen molar-refractivity contribution >= 4 is 34.8 Å². The van der Waals surface area contributed by atoms with Gasteiger partial charge in [-0.2, -0.15) is 5.26 Å². The molecule has 2 rings (SSSR count). The van der Waals surface area contributed by atoms with Gasteiger partial charge in [0.2, 0.25) is 11.8 Å². The minimum absolute atomic E-state index is 0.0136. The second-order valence-corrected chi connectivity index (χ2v) is 6.17. The molecule has 0 saturated heterocycles. The summed E-state index contributed by atoms with van der Waals surface area (Å²) in [5, 5.41) is 15.0. The Labute approximate surface area is 157 Å². The van der Waals surface area contributed by atoms with Crippen LogP contribution in [-0.4, -0.2) is 36.3 Å². The van der Waals surface area contributed by atoms with Crippen LogP contribution >= 0.6 is 11.6 Å². The lowest BCUT2D eigenvalue weighted by Crippen LogP contribution is -2.43. The second kappa shape index (κ2) is 8.99. The van der Waals surface area contributed by atoms with Crippen LogP contribution in [0.2, 0.25) is 5.02 Å². The van der Waals surface area contributed by atoms with Crippen molar-refractivity contribution in [1.82, 2.24) is 4.90 Å². The number of carbonyl (C=O) groups is 2. The van der Waals surface area contributed by atoms with Crippen molar-refractivity contribution in [1.29, 1.82) is 5.26 Å². The van der Waals surface area contributed by atoms with E-state index < -0.39 is 6.04 Å². The van der Waals surface area contributed by atoms with Crippen molar-refractivity contribution < 1.29 is 9.59 Å². The highest BCUT2D eigenvalue weighted by Crippen LogP contribution is 2.20. The number of hydrogen-bond acceptors (Lipinski definition) is 4. The Hall–Kier alpha value is -2.88. The summed E-state index contributed by atoms with van der Waals surface area (Å²) >= 11 is 6.02. The van der Waals surface area contributed by atoms with E-state index in [1.54, 1.807) is 67.4 Å². The number of hydrogen-bond donors (Lipinski definition) is 2. The Balaban J connectivity index is 1.95. The molecule has 0 heterocycles. The van der Waals surface area contributed by atoms with E-state index in [2.05, 4.69) is 10.6 Å². The molecule has 0 aliphatic carbocycles. The van der Waals surface area contributed by atoms with E-state index in [0.29, 0.717) is 22.0 Å². The van der Waals surface area contributed by atoms with Gasteiger partial charge in [0, 0.05) is 0 Å². The number of nitrogens with zero attached hydrogens (tertiary/aromatic N) is 2. The zero-order chi connectivity index (χ0) is 19.1. The van der Waals surface area contributed by atoms with Crippen molar-refractivity contribution in [2.24, 2.45) is 0 Å². The van der Waals surface area contributed by atoms with Gasteiger partial charge in [0.05, 0.1) is 34.5 Å². The fourth-order valence-electron chi connectivity index (χ4n) is 2.24. The standard InChI is InChI=1S/C19H19ClN4O2/c1-13(19(26)23-16-9-5-3-7-14(16)11-21)24(2)12-18(25)22-17-10-6-4-8-15(17)20/h3-10,13H,12H2,1-2H3,(H,22,25)(H,23,26)/t13-/m0/s1. The summed E-state index contributed by atoms with van der Waals surface area (Å²) in [6.07, 6.45) is 0. The molecule has 6 nitrogen and oxygen atoms in total. The van der Waals surface area contributed by atoms with E-state index >= 15 is 0 Å². The first-order valence-electron chi connectivity index (χ1n) is 7.97. The van der Waals surface area contributed by atoms with Crippen molar-refractivity contribution in [2.75, 3.05) is 24.2 Å². The highest BCUT2D eigenvalue weighted by Gasteiger charge is 2.21. The van der Waals surface area contributed by atoms with Gasteiger partial charge in [0.15, 0.2) is 0 Å². The van der Waals surface area contributed by atoms with E-state index in [1.165, 1.54) is 0 Å². The zero-order valence-corrected chi connectivity index (χ0v) is 15.2. The summed E-state index contributed by atoms with van der Waals surface area (Å²) in [5.74, 6) is -0.585. The molecule has 0 spiro atoms. The van der Waals surface area contributed by atoms with Crippen LogP contribution in [0.4, 0.5) is 11.4 Å². The van der Waals surface area contributed by atoms with Crippen molar-refractivity contribution in [3.63, 3.8) is 0 Å². The maximum Gasteiger partial charge on any atom is 0.241 e. The van der Waals surface area contributed by atoms with Gasteiger partial charge in [-0.05, 0) is 38.2 Å². The van der Waals surface area contributed by atoms with Gasteiger partial charge < -0.3 is 10.6 Å². The molecule has 2 aromatic rings. The first kappa shape index (κ1) is 19.4. The fourth-order valence-corrected chi connectivity index (χ4v) is 2.43. The number of rotatable bonds is 6. The summed E-state index contributed by atoms with van der Waals surface area (Å²) < 4.78 is 0. The predicted octanol–water partition coefficient (Wildman–Crippen LogP) is 3.11. The third kappa shape index (κ3) is 5.06. The molecule has 26 heavy (non-hydrogen) atoms. The minimum atomic E-state index is -0.571. The van der Waals surface area contributed by atoms with Gasteiger partial charge in [0.25, 0.3) is 0 Å².